The first-order chi connectivity index (χ1) is 7.27. The normalized spacial score (nSPS) is 20.1. The fourth-order valence-corrected chi connectivity index (χ4v) is 1.51. The van der Waals surface area contributed by atoms with Crippen molar-refractivity contribution in [3.63, 3.8) is 0 Å². The van der Waals surface area contributed by atoms with Crippen LogP contribution in [0.2, 0.25) is 0 Å². The lowest BCUT2D eigenvalue weighted by molar-refractivity contribution is 0.137. The smallest absolute Gasteiger partial charge is 0.244 e. The second kappa shape index (κ2) is 4.50. The molecule has 0 aromatic carbocycles. The second-order valence-corrected chi connectivity index (χ2v) is 3.66. The van der Waals surface area contributed by atoms with Gasteiger partial charge in [0.25, 0.3) is 0 Å². The summed E-state index contributed by atoms with van der Waals surface area (Å²) in [6.45, 7) is 1.29. The molecular weight excluding hydrogens is 214 g/mol. The van der Waals surface area contributed by atoms with E-state index in [0.29, 0.717) is 24.7 Å². The summed E-state index contributed by atoms with van der Waals surface area (Å²) in [5.74, 6) is 0.389. The zero-order chi connectivity index (χ0) is 10.7. The molecule has 1 fully saturated rings. The predicted molar refractivity (Wildman–Crippen MR) is 57.8 cm³/mol. The fraction of sp³-hybridized carbons (Fsp3) is 0.444. The number of aromatic nitrogens is 2. The van der Waals surface area contributed by atoms with E-state index in [9.17, 15) is 0 Å². The Morgan fingerprint density at radius 2 is 2.53 bits per heavy atom. The van der Waals surface area contributed by atoms with Crippen LogP contribution >= 0.6 is 12.2 Å². The topological polar surface area (TPSA) is 70.3 Å². The molecule has 0 radical (unpaired) electrons. The molecule has 0 bridgehead atoms. The quantitative estimate of drug-likeness (QED) is 0.745. The van der Waals surface area contributed by atoms with Gasteiger partial charge in [-0.25, -0.2) is 0 Å². The van der Waals surface area contributed by atoms with Gasteiger partial charge in [0.1, 0.15) is 11.1 Å². The minimum absolute atomic E-state index is 0.0230. The largest absolute Gasteiger partial charge is 0.470 e. The van der Waals surface area contributed by atoms with Gasteiger partial charge in [-0.15, -0.1) is 5.10 Å². The van der Waals surface area contributed by atoms with E-state index in [0.717, 1.165) is 6.42 Å². The second-order valence-electron chi connectivity index (χ2n) is 3.22. The van der Waals surface area contributed by atoms with Gasteiger partial charge < -0.3 is 15.2 Å². The first-order valence-corrected chi connectivity index (χ1v) is 5.04. The Hall–Kier alpha value is -1.27. The molecule has 5 nitrogen and oxygen atoms in total. The van der Waals surface area contributed by atoms with Gasteiger partial charge in [-0.1, -0.05) is 12.2 Å². The minimum Gasteiger partial charge on any atom is -0.470 e. The van der Waals surface area contributed by atoms with Crippen LogP contribution in [0.25, 0.3) is 0 Å². The Balaban J connectivity index is 2.15. The number of rotatable bonds is 3. The van der Waals surface area contributed by atoms with E-state index in [4.69, 9.17) is 27.4 Å². The molecule has 1 aromatic rings. The van der Waals surface area contributed by atoms with Crippen molar-refractivity contribution in [2.75, 3.05) is 13.2 Å². The van der Waals surface area contributed by atoms with Crippen LogP contribution in [-0.4, -0.2) is 34.5 Å². The lowest BCUT2D eigenvalue weighted by atomic mass is 10.3. The van der Waals surface area contributed by atoms with E-state index in [2.05, 4.69) is 10.2 Å². The molecule has 1 aromatic heterocycles. The van der Waals surface area contributed by atoms with Crippen molar-refractivity contribution < 1.29 is 9.47 Å². The van der Waals surface area contributed by atoms with Crippen LogP contribution in [0.5, 0.6) is 5.88 Å². The van der Waals surface area contributed by atoms with Crippen LogP contribution in [0.4, 0.5) is 0 Å². The molecule has 1 aliphatic heterocycles. The van der Waals surface area contributed by atoms with Crippen LogP contribution in [0.1, 0.15) is 12.0 Å². The predicted octanol–water partition coefficient (Wildman–Crippen LogP) is 0.278. The summed E-state index contributed by atoms with van der Waals surface area (Å²) in [7, 11) is 0. The Bertz CT molecular complexity index is 366. The maximum Gasteiger partial charge on any atom is 0.244 e. The molecule has 2 rings (SSSR count). The molecule has 0 saturated carbocycles. The summed E-state index contributed by atoms with van der Waals surface area (Å²) < 4.78 is 10.8. The van der Waals surface area contributed by atoms with Crippen molar-refractivity contribution in [1.29, 1.82) is 0 Å². The monoisotopic (exact) mass is 225 g/mol. The third kappa shape index (κ3) is 2.40. The molecular formula is C9H11N3O2S. The highest BCUT2D eigenvalue weighted by Crippen LogP contribution is 2.17. The molecule has 1 aliphatic rings. The van der Waals surface area contributed by atoms with Gasteiger partial charge in [0.05, 0.1) is 25.0 Å². The summed E-state index contributed by atoms with van der Waals surface area (Å²) >= 11 is 4.89. The van der Waals surface area contributed by atoms with E-state index in [1.165, 1.54) is 6.20 Å². The van der Waals surface area contributed by atoms with E-state index < -0.39 is 0 Å². The molecule has 1 atom stereocenters. The van der Waals surface area contributed by atoms with E-state index >= 15 is 0 Å². The zero-order valence-corrected chi connectivity index (χ0v) is 8.87. The van der Waals surface area contributed by atoms with E-state index in [1.54, 1.807) is 6.07 Å². The number of ether oxygens (including phenoxy) is 2. The number of hydrogen-bond donors (Lipinski definition) is 1. The van der Waals surface area contributed by atoms with Crippen LogP contribution < -0.4 is 10.5 Å². The minimum atomic E-state index is 0.0230. The van der Waals surface area contributed by atoms with Crippen LogP contribution in [0.15, 0.2) is 12.3 Å². The maximum absolute atomic E-state index is 5.60. The third-order valence-electron chi connectivity index (χ3n) is 2.12. The van der Waals surface area contributed by atoms with E-state index in [-0.39, 0.29) is 11.1 Å². The van der Waals surface area contributed by atoms with Crippen molar-refractivity contribution in [1.82, 2.24) is 10.2 Å². The average molecular weight is 225 g/mol. The standard InChI is InChI=1S/C9H11N3O2S/c10-8(15)7-1-3-11-12-9(7)14-6-2-4-13-5-6/h1,3,6H,2,4-5H2,(H2,10,15). The summed E-state index contributed by atoms with van der Waals surface area (Å²) in [5, 5.41) is 7.61. The average Bonchev–Trinajstić information content (AvgIpc) is 2.71. The van der Waals surface area contributed by atoms with Gasteiger partial charge in [0, 0.05) is 6.42 Å². The van der Waals surface area contributed by atoms with Crippen molar-refractivity contribution in [2.24, 2.45) is 5.73 Å². The highest BCUT2D eigenvalue weighted by molar-refractivity contribution is 7.80. The Labute approximate surface area is 92.6 Å². The van der Waals surface area contributed by atoms with Gasteiger partial charge in [-0.2, -0.15) is 5.10 Å². The zero-order valence-electron chi connectivity index (χ0n) is 8.05. The molecule has 2 N–H and O–H groups in total. The first-order valence-electron chi connectivity index (χ1n) is 4.63. The number of nitrogens with two attached hydrogens (primary N) is 1. The van der Waals surface area contributed by atoms with Gasteiger partial charge in [0.15, 0.2) is 0 Å². The maximum atomic E-state index is 5.60. The van der Waals surface area contributed by atoms with Gasteiger partial charge in [0.2, 0.25) is 5.88 Å². The summed E-state index contributed by atoms with van der Waals surface area (Å²) in [6.07, 6.45) is 2.41. The molecule has 80 valence electrons. The molecule has 1 unspecified atom stereocenters. The number of hydrogen-bond acceptors (Lipinski definition) is 5. The molecule has 2 heterocycles. The van der Waals surface area contributed by atoms with Crippen LogP contribution in [0, 0.1) is 0 Å². The summed E-state index contributed by atoms with van der Waals surface area (Å²) in [6, 6.07) is 1.69. The molecule has 0 aliphatic carbocycles. The lowest BCUT2D eigenvalue weighted by Crippen LogP contribution is -2.20. The lowest BCUT2D eigenvalue weighted by Gasteiger charge is -2.12. The van der Waals surface area contributed by atoms with Gasteiger partial charge in [-0.3, -0.25) is 0 Å². The van der Waals surface area contributed by atoms with Crippen molar-refractivity contribution in [2.45, 2.75) is 12.5 Å². The highest BCUT2D eigenvalue weighted by Gasteiger charge is 2.20. The molecule has 0 amide bonds. The molecule has 0 spiro atoms. The van der Waals surface area contributed by atoms with Crippen molar-refractivity contribution >= 4 is 17.2 Å². The molecule has 6 heteroatoms. The van der Waals surface area contributed by atoms with Gasteiger partial charge in [-0.05, 0) is 6.07 Å². The van der Waals surface area contributed by atoms with Crippen LogP contribution in [-0.2, 0) is 4.74 Å². The molecule has 15 heavy (non-hydrogen) atoms. The Morgan fingerprint density at radius 3 is 3.20 bits per heavy atom. The summed E-state index contributed by atoms with van der Waals surface area (Å²) in [4.78, 5) is 0.263. The Kier molecular flexibility index (Phi) is 3.08. The van der Waals surface area contributed by atoms with Crippen LogP contribution in [0.3, 0.4) is 0 Å². The summed E-state index contributed by atoms with van der Waals surface area (Å²) in [5.41, 5.74) is 6.16. The SMILES string of the molecule is NC(=S)c1ccnnc1OC1CCOC1. The van der Waals surface area contributed by atoms with Gasteiger partial charge >= 0.3 is 0 Å². The third-order valence-corrected chi connectivity index (χ3v) is 2.34. The number of thiocarbonyl (C=S) groups is 1. The highest BCUT2D eigenvalue weighted by atomic mass is 32.1. The number of nitrogens with zero attached hydrogens (tertiary/aromatic N) is 2. The fourth-order valence-electron chi connectivity index (χ4n) is 1.36. The Morgan fingerprint density at radius 1 is 1.67 bits per heavy atom. The first kappa shape index (κ1) is 10.3. The molecule has 1 saturated heterocycles. The van der Waals surface area contributed by atoms with Crippen molar-refractivity contribution in [3.05, 3.63) is 17.8 Å². The van der Waals surface area contributed by atoms with Crippen molar-refractivity contribution in [3.8, 4) is 5.88 Å². The van der Waals surface area contributed by atoms with E-state index in [1.807, 2.05) is 0 Å².